The van der Waals surface area contributed by atoms with Crippen LogP contribution >= 0.6 is 0 Å². The van der Waals surface area contributed by atoms with Gasteiger partial charge in [0.2, 0.25) is 5.91 Å². The first-order valence-corrected chi connectivity index (χ1v) is 17.4. The Kier molecular flexibility index (Phi) is 14.8. The van der Waals surface area contributed by atoms with Gasteiger partial charge in [-0.1, -0.05) is 109 Å². The predicted octanol–water partition coefficient (Wildman–Crippen LogP) is 5.70. The van der Waals surface area contributed by atoms with Gasteiger partial charge in [0, 0.05) is 25.3 Å². The minimum Gasteiger partial charge on any atom is -0.461 e. The minimum atomic E-state index is -1.03. The number of amides is 2. The van der Waals surface area contributed by atoms with Crippen LogP contribution in [0.15, 0.2) is 109 Å². The van der Waals surface area contributed by atoms with Crippen LogP contribution < -0.4 is 10.6 Å². The van der Waals surface area contributed by atoms with Gasteiger partial charge in [0.05, 0.1) is 26.4 Å². The van der Waals surface area contributed by atoms with E-state index in [1.165, 1.54) is 11.1 Å². The number of nitrogens with one attached hydrogen (secondary N) is 2. The van der Waals surface area contributed by atoms with Crippen LogP contribution in [0.3, 0.4) is 0 Å². The molecule has 0 bridgehead atoms. The van der Waals surface area contributed by atoms with Crippen molar-refractivity contribution in [2.45, 2.75) is 44.4 Å². The maximum Gasteiger partial charge on any atom is 0.407 e. The molecule has 4 aromatic carbocycles. The molecule has 11 heteroatoms. The summed E-state index contributed by atoms with van der Waals surface area (Å²) in [5, 5.41) is 5.37. The molecule has 0 aliphatic heterocycles. The number of carbonyl (C=O) groups is 4. The minimum absolute atomic E-state index is 0.00966. The normalized spacial score (nSPS) is 12.2. The maximum atomic E-state index is 12.9. The lowest BCUT2D eigenvalue weighted by molar-refractivity contribution is -0.150. The van der Waals surface area contributed by atoms with Crippen LogP contribution in [0.2, 0.25) is 0 Å². The largest absolute Gasteiger partial charge is 0.461 e. The van der Waals surface area contributed by atoms with Crippen molar-refractivity contribution in [3.05, 3.63) is 131 Å². The number of ether oxygens (including phenoxy) is 5. The van der Waals surface area contributed by atoms with Crippen LogP contribution in [0, 0.1) is 0 Å². The van der Waals surface area contributed by atoms with Gasteiger partial charge in [-0.25, -0.2) is 9.59 Å². The fraction of sp³-hybridized carbons (Fsp3) is 0.317. The summed E-state index contributed by atoms with van der Waals surface area (Å²) in [4.78, 5) is 50.3. The first-order chi connectivity index (χ1) is 25.5. The first kappa shape index (κ1) is 37.7. The van der Waals surface area contributed by atoms with Crippen molar-refractivity contribution in [2.75, 3.05) is 39.6 Å². The van der Waals surface area contributed by atoms with Gasteiger partial charge < -0.3 is 34.3 Å². The summed E-state index contributed by atoms with van der Waals surface area (Å²) in [6.45, 7) is 1.49. The lowest BCUT2D eigenvalue weighted by atomic mass is 9.98. The molecule has 0 radical (unpaired) electrons. The Bertz CT molecular complexity index is 1700. The number of fused-ring (bicyclic) bond motifs is 3. The average Bonchev–Trinajstić information content (AvgIpc) is 3.50. The molecule has 1 unspecified atom stereocenters. The van der Waals surface area contributed by atoms with E-state index in [-0.39, 0.29) is 78.0 Å². The van der Waals surface area contributed by atoms with Crippen LogP contribution in [0.25, 0.3) is 11.1 Å². The van der Waals surface area contributed by atoms with Gasteiger partial charge in [0.25, 0.3) is 0 Å². The lowest BCUT2D eigenvalue weighted by Crippen LogP contribution is -2.42. The second-order valence-corrected chi connectivity index (χ2v) is 12.1. The van der Waals surface area contributed by atoms with E-state index in [0.717, 1.165) is 22.3 Å². The zero-order valence-corrected chi connectivity index (χ0v) is 29.0. The Morgan fingerprint density at radius 2 is 1.15 bits per heavy atom. The van der Waals surface area contributed by atoms with Gasteiger partial charge in [-0.15, -0.1) is 0 Å². The molecule has 0 spiro atoms. The number of benzene rings is 4. The third-order valence-corrected chi connectivity index (χ3v) is 8.43. The van der Waals surface area contributed by atoms with Gasteiger partial charge >= 0.3 is 18.0 Å². The van der Waals surface area contributed by atoms with Gasteiger partial charge in [-0.3, -0.25) is 9.59 Å². The Morgan fingerprint density at radius 1 is 0.596 bits per heavy atom. The van der Waals surface area contributed by atoms with Crippen LogP contribution in [-0.4, -0.2) is 69.6 Å². The Labute approximate surface area is 303 Å². The van der Waals surface area contributed by atoms with Crippen molar-refractivity contribution in [1.82, 2.24) is 10.6 Å². The molecule has 1 aliphatic carbocycles. The average molecular weight is 709 g/mol. The second-order valence-electron chi connectivity index (χ2n) is 12.1. The van der Waals surface area contributed by atoms with Gasteiger partial charge in [0.15, 0.2) is 0 Å². The molecule has 0 saturated carbocycles. The molecular formula is C41H44N2O9. The summed E-state index contributed by atoms with van der Waals surface area (Å²) in [6, 6.07) is 33.7. The fourth-order valence-corrected chi connectivity index (χ4v) is 5.78. The first-order valence-electron chi connectivity index (χ1n) is 17.4. The topological polar surface area (TPSA) is 138 Å². The number of rotatable bonds is 20. The molecule has 0 fully saturated rings. The van der Waals surface area contributed by atoms with Crippen molar-refractivity contribution < 1.29 is 42.9 Å². The van der Waals surface area contributed by atoms with E-state index in [1.54, 1.807) is 0 Å². The SMILES string of the molecule is O=C(CCOCCOCCNC(=O)OCC1c2ccccc2-c2ccccc21)NC(CCC(=O)OCc1ccccc1)C(=O)OCc1ccccc1. The molecule has 5 rings (SSSR count). The summed E-state index contributed by atoms with van der Waals surface area (Å²) in [5.41, 5.74) is 6.28. The quantitative estimate of drug-likeness (QED) is 0.0673. The summed E-state index contributed by atoms with van der Waals surface area (Å²) >= 11 is 0. The molecule has 1 atom stereocenters. The van der Waals surface area contributed by atoms with E-state index in [9.17, 15) is 19.2 Å². The zero-order valence-electron chi connectivity index (χ0n) is 29.0. The summed E-state index contributed by atoms with van der Waals surface area (Å²) in [5.74, 6) is -1.57. The zero-order chi connectivity index (χ0) is 36.4. The van der Waals surface area contributed by atoms with E-state index in [2.05, 4.69) is 34.9 Å². The van der Waals surface area contributed by atoms with Gasteiger partial charge in [-0.05, 0) is 39.8 Å². The molecule has 2 N–H and O–H groups in total. The predicted molar refractivity (Wildman–Crippen MR) is 193 cm³/mol. The summed E-state index contributed by atoms with van der Waals surface area (Å²) < 4.78 is 27.3. The number of carbonyl (C=O) groups excluding carboxylic acids is 4. The third-order valence-electron chi connectivity index (χ3n) is 8.43. The van der Waals surface area contributed by atoms with E-state index in [0.29, 0.717) is 0 Å². The van der Waals surface area contributed by atoms with Crippen LogP contribution in [0.4, 0.5) is 4.79 Å². The van der Waals surface area contributed by atoms with E-state index >= 15 is 0 Å². The Balaban J connectivity index is 0.940. The monoisotopic (exact) mass is 708 g/mol. The highest BCUT2D eigenvalue weighted by molar-refractivity contribution is 5.85. The standard InChI is InChI=1S/C41H44N2O9/c44-38(43-37(40(46)51-28-31-13-5-2-6-14-31)19-20-39(45)50-27-30-11-3-1-4-12-30)21-23-48-25-26-49-24-22-42-41(47)52-29-36-34-17-9-7-15-32(34)33-16-8-10-18-35(33)36/h1-18,36-37H,19-29H2,(H,42,47)(H,43,44). The van der Waals surface area contributed by atoms with Crippen LogP contribution in [-0.2, 0) is 51.3 Å². The summed E-state index contributed by atoms with van der Waals surface area (Å²) in [6.07, 6.45) is -0.586. The molecule has 272 valence electrons. The third kappa shape index (κ3) is 11.8. The van der Waals surface area contributed by atoms with Crippen molar-refractivity contribution in [3.63, 3.8) is 0 Å². The van der Waals surface area contributed by atoms with E-state index in [1.807, 2.05) is 84.9 Å². The lowest BCUT2D eigenvalue weighted by Gasteiger charge is -2.18. The molecular weight excluding hydrogens is 664 g/mol. The van der Waals surface area contributed by atoms with Crippen molar-refractivity contribution in [1.29, 1.82) is 0 Å². The fourth-order valence-electron chi connectivity index (χ4n) is 5.78. The van der Waals surface area contributed by atoms with Gasteiger partial charge in [-0.2, -0.15) is 0 Å². The van der Waals surface area contributed by atoms with Crippen molar-refractivity contribution >= 4 is 23.9 Å². The summed E-state index contributed by atoms with van der Waals surface area (Å²) in [7, 11) is 0. The molecule has 4 aromatic rings. The Hall–Kier alpha value is -5.52. The Morgan fingerprint density at radius 3 is 1.79 bits per heavy atom. The molecule has 2 amide bonds. The highest BCUT2D eigenvalue weighted by atomic mass is 16.6. The molecule has 52 heavy (non-hydrogen) atoms. The highest BCUT2D eigenvalue weighted by Gasteiger charge is 2.29. The molecule has 0 saturated heterocycles. The van der Waals surface area contributed by atoms with E-state index in [4.69, 9.17) is 23.7 Å². The molecule has 1 aliphatic rings. The van der Waals surface area contributed by atoms with Gasteiger partial charge in [0.1, 0.15) is 25.9 Å². The molecule has 0 heterocycles. The number of hydrogen-bond acceptors (Lipinski definition) is 9. The number of hydrogen-bond donors (Lipinski definition) is 2. The smallest absolute Gasteiger partial charge is 0.407 e. The number of alkyl carbamates (subject to hydrolysis) is 1. The van der Waals surface area contributed by atoms with Crippen LogP contribution in [0.1, 0.15) is 47.4 Å². The maximum absolute atomic E-state index is 12.9. The molecule has 0 aromatic heterocycles. The van der Waals surface area contributed by atoms with Crippen LogP contribution in [0.5, 0.6) is 0 Å². The van der Waals surface area contributed by atoms with Crippen molar-refractivity contribution in [3.8, 4) is 11.1 Å². The van der Waals surface area contributed by atoms with E-state index < -0.39 is 30.0 Å². The molecule has 11 nitrogen and oxygen atoms in total. The highest BCUT2D eigenvalue weighted by Crippen LogP contribution is 2.44. The second kappa shape index (κ2) is 20.4. The van der Waals surface area contributed by atoms with Crippen molar-refractivity contribution in [2.24, 2.45) is 0 Å². The number of esters is 2.